The van der Waals surface area contributed by atoms with Crippen molar-refractivity contribution in [3.05, 3.63) is 63.4 Å². The lowest BCUT2D eigenvalue weighted by Gasteiger charge is -2.21. The van der Waals surface area contributed by atoms with Gasteiger partial charge in [0.2, 0.25) is 0 Å². The molecule has 0 fully saturated rings. The fraction of sp³-hybridized carbons (Fsp3) is 0.312. The fourth-order valence-electron chi connectivity index (χ4n) is 2.67. The molecule has 0 bridgehead atoms. The smallest absolute Gasteiger partial charge is 0.133 e. The number of hydrogen-bond acceptors (Lipinski definition) is 2. The lowest BCUT2D eigenvalue weighted by molar-refractivity contribution is 0.625. The van der Waals surface area contributed by atoms with E-state index in [0.29, 0.717) is 5.15 Å². The predicted molar refractivity (Wildman–Crippen MR) is 78.6 cm³/mol. The topological polar surface area (TPSA) is 24.9 Å². The van der Waals surface area contributed by atoms with Crippen molar-refractivity contribution >= 4 is 11.6 Å². The molecule has 1 aliphatic rings. The van der Waals surface area contributed by atoms with Gasteiger partial charge in [0.25, 0.3) is 0 Å². The fourth-order valence-corrected chi connectivity index (χ4v) is 2.98. The Morgan fingerprint density at radius 1 is 1.26 bits per heavy atom. The first kappa shape index (κ1) is 12.6. The van der Waals surface area contributed by atoms with Crippen LogP contribution in [0, 0.1) is 6.92 Å². The van der Waals surface area contributed by atoms with E-state index in [1.54, 1.807) is 0 Å². The van der Waals surface area contributed by atoms with Crippen LogP contribution in [0.3, 0.4) is 0 Å². The van der Waals surface area contributed by atoms with Gasteiger partial charge in [-0.1, -0.05) is 41.9 Å². The van der Waals surface area contributed by atoms with Gasteiger partial charge < -0.3 is 5.32 Å². The summed E-state index contributed by atoms with van der Waals surface area (Å²) < 4.78 is 0. The monoisotopic (exact) mass is 272 g/mol. The van der Waals surface area contributed by atoms with Gasteiger partial charge in [0.1, 0.15) is 5.15 Å². The lowest BCUT2D eigenvalue weighted by Crippen LogP contribution is -2.26. The second kappa shape index (κ2) is 5.32. The van der Waals surface area contributed by atoms with Crippen molar-refractivity contribution in [3.63, 3.8) is 0 Å². The highest BCUT2D eigenvalue weighted by molar-refractivity contribution is 6.30. The molecular formula is C16H17ClN2. The van der Waals surface area contributed by atoms with Crippen LogP contribution in [0.1, 0.15) is 27.9 Å². The maximum Gasteiger partial charge on any atom is 0.133 e. The molecule has 2 nitrogen and oxygen atoms in total. The van der Waals surface area contributed by atoms with E-state index in [4.69, 9.17) is 11.6 Å². The van der Waals surface area contributed by atoms with Crippen molar-refractivity contribution in [3.8, 4) is 0 Å². The van der Waals surface area contributed by atoms with Crippen molar-refractivity contribution in [2.75, 3.05) is 6.54 Å². The Bertz CT molecular complexity index is 593. The number of nitrogens with zero attached hydrogens (tertiary/aromatic N) is 1. The highest BCUT2D eigenvalue weighted by atomic mass is 35.5. The van der Waals surface area contributed by atoms with Crippen molar-refractivity contribution in [2.45, 2.75) is 26.3 Å². The van der Waals surface area contributed by atoms with Crippen LogP contribution in [0.25, 0.3) is 0 Å². The normalized spacial score (nSPS) is 14.2. The predicted octanol–water partition coefficient (Wildman–Crippen LogP) is 3.28. The van der Waals surface area contributed by atoms with Crippen LogP contribution in [-0.4, -0.2) is 11.5 Å². The molecule has 2 heterocycles. The highest BCUT2D eigenvalue weighted by Gasteiger charge is 2.18. The molecule has 3 heteroatoms. The molecule has 3 rings (SSSR count). The van der Waals surface area contributed by atoms with Crippen molar-refractivity contribution < 1.29 is 0 Å². The van der Waals surface area contributed by atoms with Crippen LogP contribution in [0.2, 0.25) is 5.15 Å². The number of pyridine rings is 1. The summed E-state index contributed by atoms with van der Waals surface area (Å²) in [7, 11) is 0. The number of hydrogen-bond donors (Lipinski definition) is 1. The Morgan fingerprint density at radius 2 is 2.05 bits per heavy atom. The third-order valence-corrected chi connectivity index (χ3v) is 4.11. The largest absolute Gasteiger partial charge is 0.312 e. The molecule has 1 aliphatic heterocycles. The summed E-state index contributed by atoms with van der Waals surface area (Å²) in [6, 6.07) is 10.4. The zero-order chi connectivity index (χ0) is 13.2. The Kier molecular flexibility index (Phi) is 3.54. The molecule has 2 aromatic rings. The van der Waals surface area contributed by atoms with E-state index in [-0.39, 0.29) is 0 Å². The minimum absolute atomic E-state index is 0.669. The highest BCUT2D eigenvalue weighted by Crippen LogP contribution is 2.27. The average Bonchev–Trinajstić information content (AvgIpc) is 2.45. The van der Waals surface area contributed by atoms with E-state index < -0.39 is 0 Å². The number of rotatable bonds is 2. The molecule has 0 saturated carbocycles. The van der Waals surface area contributed by atoms with Gasteiger partial charge in [-0.3, -0.25) is 0 Å². The lowest BCUT2D eigenvalue weighted by atomic mass is 9.95. The Labute approximate surface area is 118 Å². The Morgan fingerprint density at radius 3 is 2.84 bits per heavy atom. The molecule has 0 atom stereocenters. The van der Waals surface area contributed by atoms with E-state index >= 15 is 0 Å². The molecule has 1 aromatic heterocycles. The number of nitrogens with one attached hydrogen (secondary N) is 1. The molecule has 0 spiro atoms. The minimum Gasteiger partial charge on any atom is -0.312 e. The van der Waals surface area contributed by atoms with Crippen LogP contribution in [0.4, 0.5) is 0 Å². The van der Waals surface area contributed by atoms with E-state index in [9.17, 15) is 0 Å². The first-order chi connectivity index (χ1) is 9.25. The van der Waals surface area contributed by atoms with Gasteiger partial charge >= 0.3 is 0 Å². The molecule has 0 radical (unpaired) electrons. The van der Waals surface area contributed by atoms with Crippen molar-refractivity contribution in [1.82, 2.24) is 10.3 Å². The summed E-state index contributed by atoms with van der Waals surface area (Å²) in [6.07, 6.45) is 1.83. The van der Waals surface area contributed by atoms with E-state index in [0.717, 1.165) is 37.2 Å². The zero-order valence-corrected chi connectivity index (χ0v) is 11.8. The van der Waals surface area contributed by atoms with Crippen LogP contribution in [0.5, 0.6) is 0 Å². The van der Waals surface area contributed by atoms with Crippen molar-refractivity contribution in [2.24, 2.45) is 0 Å². The third-order valence-electron chi connectivity index (χ3n) is 3.80. The Balaban J connectivity index is 2.02. The maximum atomic E-state index is 6.38. The number of benzene rings is 1. The zero-order valence-electron chi connectivity index (χ0n) is 11.0. The van der Waals surface area contributed by atoms with Gasteiger partial charge in [0, 0.05) is 31.6 Å². The average molecular weight is 273 g/mol. The minimum atomic E-state index is 0.669. The van der Waals surface area contributed by atoms with E-state index in [2.05, 4.69) is 41.5 Å². The van der Waals surface area contributed by atoms with Gasteiger partial charge in [-0.15, -0.1) is 0 Å². The van der Waals surface area contributed by atoms with Gasteiger partial charge in [-0.05, 0) is 29.2 Å². The van der Waals surface area contributed by atoms with Gasteiger partial charge in [0.05, 0.1) is 0 Å². The molecule has 19 heavy (non-hydrogen) atoms. The first-order valence-electron chi connectivity index (χ1n) is 6.67. The third kappa shape index (κ3) is 2.51. The van der Waals surface area contributed by atoms with Gasteiger partial charge in [-0.2, -0.15) is 0 Å². The SMILES string of the molecule is Cc1c(Cc2ccccc2)c(Cl)nc2c1CNCC2. The second-order valence-electron chi connectivity index (χ2n) is 5.02. The van der Waals surface area contributed by atoms with Crippen LogP contribution >= 0.6 is 11.6 Å². The van der Waals surface area contributed by atoms with Crippen molar-refractivity contribution in [1.29, 1.82) is 0 Å². The standard InChI is InChI=1S/C16H17ClN2/c1-11-13(9-12-5-3-2-4-6-12)16(17)19-15-7-8-18-10-14(11)15/h2-6,18H,7-10H2,1H3. The Hall–Kier alpha value is -1.38. The summed E-state index contributed by atoms with van der Waals surface area (Å²) >= 11 is 6.38. The van der Waals surface area contributed by atoms with E-state index in [1.165, 1.54) is 16.7 Å². The number of halogens is 1. The number of fused-ring (bicyclic) bond motifs is 1. The van der Waals surface area contributed by atoms with Crippen LogP contribution in [-0.2, 0) is 19.4 Å². The molecule has 0 amide bonds. The summed E-state index contributed by atoms with van der Waals surface area (Å²) in [5.74, 6) is 0. The first-order valence-corrected chi connectivity index (χ1v) is 7.05. The van der Waals surface area contributed by atoms with E-state index in [1.807, 2.05) is 6.07 Å². The summed E-state index contributed by atoms with van der Waals surface area (Å²) in [4.78, 5) is 4.60. The molecular weight excluding hydrogens is 256 g/mol. The van der Waals surface area contributed by atoms with Gasteiger partial charge in [0.15, 0.2) is 0 Å². The molecule has 98 valence electrons. The number of aromatic nitrogens is 1. The molecule has 1 N–H and O–H groups in total. The van der Waals surface area contributed by atoms with Crippen LogP contribution < -0.4 is 5.32 Å². The summed E-state index contributed by atoms with van der Waals surface area (Å²) in [5.41, 5.74) is 6.24. The maximum absolute atomic E-state index is 6.38. The molecule has 1 aromatic carbocycles. The molecule has 0 unspecified atom stereocenters. The summed E-state index contributed by atoms with van der Waals surface area (Å²) in [6.45, 7) is 4.07. The second-order valence-corrected chi connectivity index (χ2v) is 5.38. The summed E-state index contributed by atoms with van der Waals surface area (Å²) in [5, 5.41) is 4.08. The molecule has 0 aliphatic carbocycles. The van der Waals surface area contributed by atoms with Crippen LogP contribution in [0.15, 0.2) is 30.3 Å². The molecule has 0 saturated heterocycles. The quantitative estimate of drug-likeness (QED) is 0.849. The van der Waals surface area contributed by atoms with Gasteiger partial charge in [-0.25, -0.2) is 4.98 Å².